The van der Waals surface area contributed by atoms with Gasteiger partial charge in [0.05, 0.1) is 19.1 Å². The van der Waals surface area contributed by atoms with E-state index in [0.717, 1.165) is 16.7 Å². The Bertz CT molecular complexity index is 1130. The number of carbonyl (C=O) groups is 1. The number of hydrogen-bond donors (Lipinski definition) is 1. The minimum absolute atomic E-state index is 0.170. The molecule has 1 aliphatic heterocycles. The smallest absolute Gasteiger partial charge is 0.306 e. The van der Waals surface area contributed by atoms with Gasteiger partial charge in [0.25, 0.3) is 0 Å². The third-order valence-electron chi connectivity index (χ3n) is 6.24. The number of likely N-dealkylation sites (tertiary alicyclic amines) is 1. The highest BCUT2D eigenvalue weighted by atomic mass is 35.5. The second-order valence-electron chi connectivity index (χ2n) is 8.40. The zero-order valence-electron chi connectivity index (χ0n) is 18.9. The van der Waals surface area contributed by atoms with Crippen LogP contribution in [0.2, 0.25) is 10.0 Å². The zero-order valence-corrected chi connectivity index (χ0v) is 20.4. The van der Waals surface area contributed by atoms with E-state index in [4.69, 9.17) is 32.7 Å². The van der Waals surface area contributed by atoms with Gasteiger partial charge >= 0.3 is 5.97 Å². The van der Waals surface area contributed by atoms with Crippen LogP contribution in [0.15, 0.2) is 66.7 Å². The number of hydrogen-bond acceptors (Lipinski definition) is 4. The van der Waals surface area contributed by atoms with Gasteiger partial charge in [-0.15, -0.1) is 0 Å². The lowest BCUT2D eigenvalue weighted by atomic mass is 9.91. The van der Waals surface area contributed by atoms with E-state index in [1.807, 2.05) is 60.7 Å². The summed E-state index contributed by atoms with van der Waals surface area (Å²) in [7, 11) is 1.62. The summed E-state index contributed by atoms with van der Waals surface area (Å²) in [4.78, 5) is 13.7. The van der Waals surface area contributed by atoms with Gasteiger partial charge in [-0.1, -0.05) is 65.7 Å². The number of halogens is 2. The van der Waals surface area contributed by atoms with Gasteiger partial charge in [-0.25, -0.2) is 0 Å². The van der Waals surface area contributed by atoms with Crippen LogP contribution in [-0.2, 0) is 11.4 Å². The normalized spacial score (nSPS) is 15.6. The summed E-state index contributed by atoms with van der Waals surface area (Å²) in [5.41, 5.74) is 2.97. The van der Waals surface area contributed by atoms with E-state index in [1.54, 1.807) is 13.2 Å². The molecule has 3 aromatic rings. The van der Waals surface area contributed by atoms with Crippen LogP contribution >= 0.6 is 23.2 Å². The van der Waals surface area contributed by atoms with Gasteiger partial charge in [-0.05, 0) is 66.9 Å². The summed E-state index contributed by atoms with van der Waals surface area (Å²) < 4.78 is 11.7. The maximum Gasteiger partial charge on any atom is 0.306 e. The van der Waals surface area contributed by atoms with Crippen molar-refractivity contribution in [1.82, 2.24) is 4.90 Å². The number of piperidine rings is 1. The lowest BCUT2D eigenvalue weighted by Gasteiger charge is -2.37. The summed E-state index contributed by atoms with van der Waals surface area (Å²) in [6, 6.07) is 21.2. The molecule has 0 saturated carbocycles. The number of carboxylic acid groups (broad SMARTS) is 1. The van der Waals surface area contributed by atoms with Crippen molar-refractivity contribution >= 4 is 29.2 Å². The standard InChI is InChI=1S/C27H27Cl2NO4/c1-33-25-15-20(7-10-24(25)34-17-18-5-3-2-4-6-18)26(22-9-8-21(28)16-23(22)29)30-13-11-19(12-14-30)27(31)32/h2-10,15-16,19,26H,11-14,17H2,1H3,(H,31,32). The SMILES string of the molecule is COc1cc(C(c2ccc(Cl)cc2Cl)N2CCC(C(=O)O)CC2)ccc1OCc1ccccc1. The van der Waals surface area contributed by atoms with Crippen molar-refractivity contribution in [3.05, 3.63) is 93.5 Å². The van der Waals surface area contributed by atoms with Crippen LogP contribution in [0.4, 0.5) is 0 Å². The molecule has 178 valence electrons. The minimum Gasteiger partial charge on any atom is -0.493 e. The third-order valence-corrected chi connectivity index (χ3v) is 6.80. The molecule has 7 heteroatoms. The van der Waals surface area contributed by atoms with Crippen molar-refractivity contribution in [2.24, 2.45) is 5.92 Å². The Morgan fingerprint density at radius 3 is 2.41 bits per heavy atom. The second-order valence-corrected chi connectivity index (χ2v) is 9.25. The highest BCUT2D eigenvalue weighted by Gasteiger charge is 2.31. The zero-order chi connectivity index (χ0) is 24.1. The van der Waals surface area contributed by atoms with Gasteiger partial charge in [-0.2, -0.15) is 0 Å². The first-order valence-corrected chi connectivity index (χ1v) is 12.0. The van der Waals surface area contributed by atoms with Crippen LogP contribution in [0, 0.1) is 5.92 Å². The number of ether oxygens (including phenoxy) is 2. The number of carboxylic acids is 1. The van der Waals surface area contributed by atoms with Crippen LogP contribution in [0.25, 0.3) is 0 Å². The van der Waals surface area contributed by atoms with Crippen molar-refractivity contribution in [2.45, 2.75) is 25.5 Å². The molecule has 0 aromatic heterocycles. The highest BCUT2D eigenvalue weighted by Crippen LogP contribution is 2.40. The monoisotopic (exact) mass is 499 g/mol. The quantitative estimate of drug-likeness (QED) is 0.384. The Morgan fingerprint density at radius 2 is 1.76 bits per heavy atom. The number of nitrogens with zero attached hydrogens (tertiary/aromatic N) is 1. The average molecular weight is 500 g/mol. The van der Waals surface area contributed by atoms with E-state index in [-0.39, 0.29) is 12.0 Å². The lowest BCUT2D eigenvalue weighted by molar-refractivity contribution is -0.143. The number of rotatable bonds is 8. The number of benzene rings is 3. The summed E-state index contributed by atoms with van der Waals surface area (Å²) in [5.74, 6) is 0.229. The predicted molar refractivity (Wildman–Crippen MR) is 134 cm³/mol. The van der Waals surface area contributed by atoms with Crippen LogP contribution in [0.1, 0.15) is 35.6 Å². The first-order valence-electron chi connectivity index (χ1n) is 11.2. The molecule has 0 amide bonds. The number of aliphatic carboxylic acids is 1. The van der Waals surface area contributed by atoms with Gasteiger partial charge in [0.2, 0.25) is 0 Å². The summed E-state index contributed by atoms with van der Waals surface area (Å²) in [5, 5.41) is 10.6. The van der Waals surface area contributed by atoms with E-state index >= 15 is 0 Å². The maximum absolute atomic E-state index is 11.5. The van der Waals surface area contributed by atoms with Gasteiger partial charge in [0, 0.05) is 10.0 Å². The topological polar surface area (TPSA) is 59.0 Å². The molecular weight excluding hydrogens is 473 g/mol. The van der Waals surface area contributed by atoms with Gasteiger partial charge in [0.1, 0.15) is 6.61 Å². The fourth-order valence-electron chi connectivity index (χ4n) is 4.42. The summed E-state index contributed by atoms with van der Waals surface area (Å²) in [6.07, 6.45) is 1.18. The Hall–Kier alpha value is -2.73. The highest BCUT2D eigenvalue weighted by molar-refractivity contribution is 6.35. The van der Waals surface area contributed by atoms with Crippen molar-refractivity contribution in [1.29, 1.82) is 0 Å². The van der Waals surface area contributed by atoms with Crippen LogP contribution in [0.3, 0.4) is 0 Å². The molecule has 1 N–H and O–H groups in total. The molecule has 1 heterocycles. The van der Waals surface area contributed by atoms with E-state index in [1.165, 1.54) is 0 Å². The van der Waals surface area contributed by atoms with Gasteiger partial charge in [0.15, 0.2) is 11.5 Å². The molecule has 1 fully saturated rings. The largest absolute Gasteiger partial charge is 0.493 e. The average Bonchev–Trinajstić information content (AvgIpc) is 2.85. The first kappa shape index (κ1) is 24.4. The summed E-state index contributed by atoms with van der Waals surface area (Å²) >= 11 is 12.8. The molecule has 1 aliphatic rings. The van der Waals surface area contributed by atoms with Crippen molar-refractivity contribution < 1.29 is 19.4 Å². The minimum atomic E-state index is -0.734. The predicted octanol–water partition coefficient (Wildman–Crippen LogP) is 6.47. The molecule has 5 nitrogen and oxygen atoms in total. The van der Waals surface area contributed by atoms with E-state index in [0.29, 0.717) is 54.1 Å². The number of methoxy groups -OCH3 is 1. The molecular formula is C27H27Cl2NO4. The van der Waals surface area contributed by atoms with Crippen molar-refractivity contribution in [3.8, 4) is 11.5 Å². The van der Waals surface area contributed by atoms with Crippen LogP contribution in [-0.4, -0.2) is 36.2 Å². The molecule has 1 atom stereocenters. The van der Waals surface area contributed by atoms with Crippen molar-refractivity contribution in [2.75, 3.05) is 20.2 Å². The first-order chi connectivity index (χ1) is 16.5. The van der Waals surface area contributed by atoms with Crippen LogP contribution in [0.5, 0.6) is 11.5 Å². The molecule has 0 aliphatic carbocycles. The fourth-order valence-corrected chi connectivity index (χ4v) is 4.94. The molecule has 34 heavy (non-hydrogen) atoms. The molecule has 1 unspecified atom stereocenters. The third kappa shape index (κ3) is 5.66. The van der Waals surface area contributed by atoms with E-state index < -0.39 is 5.97 Å². The Balaban J connectivity index is 1.64. The fraction of sp³-hybridized carbons (Fsp3) is 0.296. The molecule has 0 spiro atoms. The Morgan fingerprint density at radius 1 is 1.03 bits per heavy atom. The molecule has 0 radical (unpaired) electrons. The van der Waals surface area contributed by atoms with E-state index in [9.17, 15) is 9.90 Å². The molecule has 4 rings (SSSR count). The second kappa shape index (κ2) is 11.1. The Kier molecular flexibility index (Phi) is 7.99. The van der Waals surface area contributed by atoms with Crippen LogP contribution < -0.4 is 9.47 Å². The van der Waals surface area contributed by atoms with Gasteiger partial charge in [-0.3, -0.25) is 9.69 Å². The molecule has 0 bridgehead atoms. The van der Waals surface area contributed by atoms with Gasteiger partial charge < -0.3 is 14.6 Å². The summed E-state index contributed by atoms with van der Waals surface area (Å²) in [6.45, 7) is 1.73. The molecule has 1 saturated heterocycles. The maximum atomic E-state index is 11.5. The molecule has 3 aromatic carbocycles. The lowest BCUT2D eigenvalue weighted by Crippen LogP contribution is -2.39. The Labute approximate surface area is 209 Å². The van der Waals surface area contributed by atoms with E-state index in [2.05, 4.69) is 4.90 Å². The van der Waals surface area contributed by atoms with Crippen molar-refractivity contribution in [3.63, 3.8) is 0 Å².